The predicted molar refractivity (Wildman–Crippen MR) is 327 cm³/mol. The van der Waals surface area contributed by atoms with Gasteiger partial charge in [0.1, 0.15) is 13.2 Å². The Hall–Kier alpha value is -2.06. The Bertz CT molecular complexity index is 1450. The van der Waals surface area contributed by atoms with Crippen LogP contribution in [-0.4, -0.2) is 73.4 Å². The van der Waals surface area contributed by atoms with Crippen molar-refractivity contribution in [3.05, 3.63) is 72.9 Å². The molecule has 0 rings (SSSR count). The van der Waals surface area contributed by atoms with E-state index in [1.165, 1.54) is 205 Å². The number of aliphatic hydroxyl groups excluding tert-OH is 1. The summed E-state index contributed by atoms with van der Waals surface area (Å²) in [5, 5.41) is 13.9. The second-order valence-electron chi connectivity index (χ2n) is 22.8. The summed E-state index contributed by atoms with van der Waals surface area (Å²) < 4.78 is 23.6. The Morgan fingerprint density at radius 1 is 0.453 bits per heavy atom. The first-order chi connectivity index (χ1) is 36.5. The van der Waals surface area contributed by atoms with E-state index in [9.17, 15) is 19.4 Å². The lowest BCUT2D eigenvalue weighted by atomic mass is 10.0. The number of carbonyl (C=O) groups excluding carboxylic acids is 1. The van der Waals surface area contributed by atoms with Crippen molar-refractivity contribution in [2.75, 3.05) is 40.9 Å². The molecule has 3 N–H and O–H groups in total. The molecule has 3 unspecified atom stereocenters. The first-order valence-electron chi connectivity index (χ1n) is 31.8. The molecule has 0 saturated carbocycles. The number of rotatable bonds is 58. The first kappa shape index (κ1) is 72.9. The Morgan fingerprint density at radius 2 is 0.787 bits per heavy atom. The molecule has 0 bridgehead atoms. The van der Waals surface area contributed by atoms with Crippen LogP contribution in [0.5, 0.6) is 0 Å². The van der Waals surface area contributed by atoms with Gasteiger partial charge in [-0.15, -0.1) is 0 Å². The topological polar surface area (TPSA) is 105 Å². The van der Waals surface area contributed by atoms with Crippen LogP contribution in [0, 0.1) is 0 Å². The van der Waals surface area contributed by atoms with Gasteiger partial charge >= 0.3 is 7.82 Å². The lowest BCUT2D eigenvalue weighted by molar-refractivity contribution is -0.870. The van der Waals surface area contributed by atoms with E-state index in [1.807, 2.05) is 27.2 Å². The lowest BCUT2D eigenvalue weighted by Gasteiger charge is -2.25. The van der Waals surface area contributed by atoms with Crippen LogP contribution in [0.1, 0.15) is 290 Å². The zero-order chi connectivity index (χ0) is 54.9. The third-order valence-electron chi connectivity index (χ3n) is 14.1. The van der Waals surface area contributed by atoms with Gasteiger partial charge in [-0.05, 0) is 77.0 Å². The summed E-state index contributed by atoms with van der Waals surface area (Å²) >= 11 is 0. The van der Waals surface area contributed by atoms with Gasteiger partial charge in [-0.3, -0.25) is 13.8 Å². The Morgan fingerprint density at radius 3 is 1.20 bits per heavy atom. The number of unbranched alkanes of at least 4 members (excludes halogenated alkanes) is 35. The molecule has 0 aliphatic heterocycles. The number of hydrogen-bond acceptors (Lipinski definition) is 5. The number of nitrogens with zero attached hydrogens (tertiary/aromatic N) is 1. The van der Waals surface area contributed by atoms with E-state index in [0.717, 1.165) is 64.2 Å². The zero-order valence-electron chi connectivity index (χ0n) is 50.0. The monoisotopic (exact) mass is 1070 g/mol. The molecular formula is C66H124N2O6P+. The lowest BCUT2D eigenvalue weighted by Crippen LogP contribution is -2.45. The highest BCUT2D eigenvalue weighted by Gasteiger charge is 2.27. The van der Waals surface area contributed by atoms with Gasteiger partial charge in [-0.25, -0.2) is 4.57 Å². The van der Waals surface area contributed by atoms with E-state index in [4.69, 9.17) is 9.05 Å². The molecule has 438 valence electrons. The van der Waals surface area contributed by atoms with E-state index in [1.54, 1.807) is 6.08 Å². The minimum atomic E-state index is -4.35. The smallest absolute Gasteiger partial charge is 0.387 e. The largest absolute Gasteiger partial charge is 0.472 e. The Labute approximate surface area is 465 Å². The molecule has 75 heavy (non-hydrogen) atoms. The van der Waals surface area contributed by atoms with Crippen molar-refractivity contribution < 1.29 is 32.9 Å². The van der Waals surface area contributed by atoms with Crippen molar-refractivity contribution in [2.45, 2.75) is 302 Å². The molecule has 0 heterocycles. The Kier molecular flexibility index (Phi) is 55.1. The molecule has 3 atom stereocenters. The molecule has 1 amide bonds. The summed E-state index contributed by atoms with van der Waals surface area (Å²) in [7, 11) is 1.55. The molecule has 8 nitrogen and oxygen atoms in total. The van der Waals surface area contributed by atoms with Gasteiger partial charge in [0.2, 0.25) is 5.91 Å². The molecule has 0 fully saturated rings. The van der Waals surface area contributed by atoms with Crippen LogP contribution in [-0.2, 0) is 18.4 Å². The SMILES string of the molecule is CCCC/C=C/CC/C=C/CC/C=C/C(O)C(COP(=O)(O)OCC[N+](C)(C)C)NC(=O)CCCCCCCCCCCCCCCCCCCCCCCCCCCC/C=C\C/C=C\C/C=C\CCCCCCC. The normalized spacial score (nSPS) is 14.3. The predicted octanol–water partition coefficient (Wildman–Crippen LogP) is 19.8. The van der Waals surface area contributed by atoms with Crippen molar-refractivity contribution in [3.63, 3.8) is 0 Å². The fourth-order valence-corrected chi connectivity index (χ4v) is 9.86. The van der Waals surface area contributed by atoms with Crippen LogP contribution < -0.4 is 5.32 Å². The van der Waals surface area contributed by atoms with Crippen molar-refractivity contribution in [3.8, 4) is 0 Å². The number of nitrogens with one attached hydrogen (secondary N) is 1. The molecule has 0 saturated heterocycles. The average molecular weight is 1070 g/mol. The van der Waals surface area contributed by atoms with E-state index < -0.39 is 20.0 Å². The molecule has 9 heteroatoms. The highest BCUT2D eigenvalue weighted by molar-refractivity contribution is 7.47. The number of carbonyl (C=O) groups is 1. The van der Waals surface area contributed by atoms with Crippen LogP contribution in [0.25, 0.3) is 0 Å². The minimum absolute atomic E-state index is 0.0529. The van der Waals surface area contributed by atoms with Crippen LogP contribution >= 0.6 is 7.82 Å². The number of likely N-dealkylation sites (N-methyl/N-ethyl adjacent to an activating group) is 1. The quantitative estimate of drug-likeness (QED) is 0.0243. The maximum atomic E-state index is 13.0. The van der Waals surface area contributed by atoms with E-state index in [0.29, 0.717) is 17.4 Å². The van der Waals surface area contributed by atoms with Gasteiger partial charge in [0, 0.05) is 6.42 Å². The zero-order valence-corrected chi connectivity index (χ0v) is 50.9. The van der Waals surface area contributed by atoms with Crippen molar-refractivity contribution in [1.82, 2.24) is 5.32 Å². The molecule has 0 aliphatic carbocycles. The molecular weight excluding hydrogens is 948 g/mol. The molecule has 0 radical (unpaired) electrons. The third-order valence-corrected chi connectivity index (χ3v) is 15.1. The van der Waals surface area contributed by atoms with E-state index in [-0.39, 0.29) is 19.1 Å². The number of amides is 1. The van der Waals surface area contributed by atoms with Crippen LogP contribution in [0.15, 0.2) is 72.9 Å². The number of phosphoric ester groups is 1. The van der Waals surface area contributed by atoms with Gasteiger partial charge < -0.3 is 19.8 Å². The van der Waals surface area contributed by atoms with Gasteiger partial charge in [-0.2, -0.15) is 0 Å². The van der Waals surface area contributed by atoms with Gasteiger partial charge in [0.15, 0.2) is 0 Å². The third kappa shape index (κ3) is 59.4. The molecule has 0 aromatic carbocycles. The Balaban J connectivity index is 3.85. The van der Waals surface area contributed by atoms with Gasteiger partial charge in [0.25, 0.3) is 0 Å². The number of allylic oxidation sites excluding steroid dienone is 11. The number of hydrogen-bond donors (Lipinski definition) is 3. The van der Waals surface area contributed by atoms with Crippen molar-refractivity contribution in [1.29, 1.82) is 0 Å². The maximum Gasteiger partial charge on any atom is 0.472 e. The summed E-state index contributed by atoms with van der Waals surface area (Å²) in [6.45, 7) is 4.73. The minimum Gasteiger partial charge on any atom is -0.387 e. The molecule has 0 aromatic rings. The summed E-state index contributed by atoms with van der Waals surface area (Å²) in [5.74, 6) is -0.190. The van der Waals surface area contributed by atoms with Crippen molar-refractivity contribution in [2.24, 2.45) is 0 Å². The van der Waals surface area contributed by atoms with E-state index in [2.05, 4.69) is 79.9 Å². The summed E-state index contributed by atoms with van der Waals surface area (Å²) in [4.78, 5) is 23.2. The van der Waals surface area contributed by atoms with E-state index >= 15 is 0 Å². The highest BCUT2D eigenvalue weighted by atomic mass is 31.2. The standard InChI is InChI=1S/C66H123N2O6P/c1-6-8-10-12-14-16-18-20-21-22-23-24-25-26-27-28-29-30-31-32-33-34-35-36-37-38-39-40-41-42-43-44-45-46-47-48-50-52-54-56-58-60-66(70)67-64(63-74-75(71,72)73-62-61-68(3,4)5)65(69)59-57-55-53-51-49-19-17-15-13-11-9-7-2/h13,15,18,20,22-23,25-26,49,51,57,59,64-65,69H,6-12,14,16-17,19,21,24,27-48,50,52-56,58,60-63H2,1-5H3,(H-,67,70,71,72)/p+1/b15-13+,20-18-,23-22-,26-25-,51-49+,59-57+. The van der Waals surface area contributed by atoms with Gasteiger partial charge in [0.05, 0.1) is 39.9 Å². The maximum absolute atomic E-state index is 13.0. The summed E-state index contributed by atoms with van der Waals surface area (Å²) in [6, 6.07) is -0.869. The van der Waals surface area contributed by atoms with Crippen LogP contribution in [0.2, 0.25) is 0 Å². The second-order valence-corrected chi connectivity index (χ2v) is 24.2. The first-order valence-corrected chi connectivity index (χ1v) is 33.3. The van der Waals surface area contributed by atoms with Gasteiger partial charge in [-0.1, -0.05) is 279 Å². The van der Waals surface area contributed by atoms with Crippen LogP contribution in [0.3, 0.4) is 0 Å². The number of phosphoric acid groups is 1. The number of aliphatic hydroxyl groups is 1. The molecule has 0 aliphatic rings. The molecule has 0 spiro atoms. The fraction of sp³-hybridized carbons (Fsp3) is 0.803. The fourth-order valence-electron chi connectivity index (χ4n) is 9.13. The second kappa shape index (κ2) is 56.7. The van der Waals surface area contributed by atoms with Crippen molar-refractivity contribution >= 4 is 13.7 Å². The summed E-state index contributed by atoms with van der Waals surface area (Å²) in [5.41, 5.74) is 0. The summed E-state index contributed by atoms with van der Waals surface area (Å²) in [6.07, 6.45) is 79.2. The van der Waals surface area contributed by atoms with Crippen LogP contribution in [0.4, 0.5) is 0 Å². The molecule has 0 aromatic heterocycles. The highest BCUT2D eigenvalue weighted by Crippen LogP contribution is 2.43. The average Bonchev–Trinajstić information content (AvgIpc) is 3.37. The number of quaternary nitrogens is 1.